The van der Waals surface area contributed by atoms with E-state index in [1.807, 2.05) is 50.3 Å². The number of fused-ring (bicyclic) bond motifs is 3. The third-order valence-electron chi connectivity index (χ3n) is 4.82. The number of hydrogen-bond acceptors (Lipinski definition) is 4. The summed E-state index contributed by atoms with van der Waals surface area (Å²) < 4.78 is 5.55. The van der Waals surface area contributed by atoms with E-state index in [1.54, 1.807) is 0 Å². The molecule has 0 saturated carbocycles. The second-order valence-corrected chi connectivity index (χ2v) is 7.93. The van der Waals surface area contributed by atoms with Crippen LogP contribution in [0.2, 0.25) is 0 Å². The van der Waals surface area contributed by atoms with Gasteiger partial charge in [-0.1, -0.05) is 6.07 Å². The third kappa shape index (κ3) is 3.11. The summed E-state index contributed by atoms with van der Waals surface area (Å²) in [4.78, 5) is 26.5. The Morgan fingerprint density at radius 3 is 2.92 bits per heavy atom. The highest BCUT2D eigenvalue weighted by molar-refractivity contribution is 6.05. The zero-order chi connectivity index (χ0) is 18.3. The number of H-pyrrole nitrogens is 1. The first-order valence-corrected chi connectivity index (χ1v) is 9.11. The molecule has 0 aliphatic carbocycles. The van der Waals surface area contributed by atoms with Crippen LogP contribution in [0.4, 0.5) is 4.79 Å². The highest BCUT2D eigenvalue weighted by Gasteiger charge is 2.30. The van der Waals surface area contributed by atoms with Gasteiger partial charge in [0, 0.05) is 42.2 Å². The molecule has 0 radical (unpaired) electrons. The Bertz CT molecular complexity index is 957. The van der Waals surface area contributed by atoms with E-state index in [9.17, 15) is 4.79 Å². The first kappa shape index (κ1) is 16.8. The fraction of sp³-hybridized carbons (Fsp3) is 0.450. The Morgan fingerprint density at radius 2 is 2.12 bits per heavy atom. The lowest BCUT2D eigenvalue weighted by Crippen LogP contribution is -2.42. The number of amides is 1. The number of aromatic nitrogens is 3. The van der Waals surface area contributed by atoms with Crippen LogP contribution in [0.25, 0.3) is 21.9 Å². The van der Waals surface area contributed by atoms with E-state index in [0.29, 0.717) is 6.54 Å². The van der Waals surface area contributed by atoms with Gasteiger partial charge in [0.1, 0.15) is 5.60 Å². The van der Waals surface area contributed by atoms with Gasteiger partial charge in [0.25, 0.3) is 0 Å². The van der Waals surface area contributed by atoms with Gasteiger partial charge in [-0.3, -0.25) is 0 Å². The van der Waals surface area contributed by atoms with E-state index in [4.69, 9.17) is 4.74 Å². The Labute approximate surface area is 152 Å². The molecular weight excluding hydrogens is 328 g/mol. The van der Waals surface area contributed by atoms with Crippen molar-refractivity contribution in [3.8, 4) is 0 Å². The monoisotopic (exact) mass is 352 g/mol. The summed E-state index contributed by atoms with van der Waals surface area (Å²) in [6.07, 6.45) is 7.41. The number of nitrogens with one attached hydrogen (secondary N) is 1. The van der Waals surface area contributed by atoms with Crippen LogP contribution < -0.4 is 0 Å². The number of nitrogens with zero attached hydrogens (tertiary/aromatic N) is 3. The van der Waals surface area contributed by atoms with Crippen LogP contribution in [0.1, 0.15) is 45.1 Å². The topological polar surface area (TPSA) is 71.1 Å². The van der Waals surface area contributed by atoms with Crippen LogP contribution in [0, 0.1) is 0 Å². The fourth-order valence-electron chi connectivity index (χ4n) is 3.70. The van der Waals surface area contributed by atoms with Gasteiger partial charge in [-0.25, -0.2) is 14.8 Å². The minimum absolute atomic E-state index is 0.234. The van der Waals surface area contributed by atoms with Crippen molar-refractivity contribution in [1.29, 1.82) is 0 Å². The molecule has 6 heteroatoms. The summed E-state index contributed by atoms with van der Waals surface area (Å²) in [5.74, 6) is 0.244. The van der Waals surface area contributed by atoms with Crippen molar-refractivity contribution in [2.75, 3.05) is 13.1 Å². The summed E-state index contributed by atoms with van der Waals surface area (Å²) in [7, 11) is 0. The van der Waals surface area contributed by atoms with Crippen molar-refractivity contribution >= 4 is 28.0 Å². The van der Waals surface area contributed by atoms with Crippen molar-refractivity contribution in [2.24, 2.45) is 0 Å². The molecule has 4 rings (SSSR count). The minimum atomic E-state index is -0.478. The molecular formula is C20H24N4O2. The van der Waals surface area contributed by atoms with E-state index >= 15 is 0 Å². The molecule has 4 heterocycles. The molecule has 136 valence electrons. The molecule has 3 aromatic rings. The van der Waals surface area contributed by atoms with Gasteiger partial charge in [0.05, 0.1) is 11.7 Å². The number of ether oxygens (including phenoxy) is 1. The smallest absolute Gasteiger partial charge is 0.410 e. The quantitative estimate of drug-likeness (QED) is 0.711. The third-order valence-corrected chi connectivity index (χ3v) is 4.82. The average molecular weight is 352 g/mol. The molecule has 1 amide bonds. The van der Waals surface area contributed by atoms with Crippen molar-refractivity contribution < 1.29 is 9.53 Å². The molecule has 1 N–H and O–H groups in total. The predicted molar refractivity (Wildman–Crippen MR) is 101 cm³/mol. The number of piperidine rings is 1. The van der Waals surface area contributed by atoms with Crippen LogP contribution in [-0.2, 0) is 4.74 Å². The lowest BCUT2D eigenvalue weighted by molar-refractivity contribution is 0.0198. The first-order valence-electron chi connectivity index (χ1n) is 9.11. The normalized spacial score (nSPS) is 18.4. The average Bonchev–Trinajstić information content (AvgIpc) is 3.05. The van der Waals surface area contributed by atoms with Crippen molar-refractivity contribution in [3.63, 3.8) is 0 Å². The molecule has 1 fully saturated rings. The summed E-state index contributed by atoms with van der Waals surface area (Å²) in [6, 6.07) is 4.09. The molecule has 1 saturated heterocycles. The van der Waals surface area contributed by atoms with Crippen LogP contribution in [0.5, 0.6) is 0 Å². The molecule has 0 aromatic carbocycles. The summed E-state index contributed by atoms with van der Waals surface area (Å²) in [5, 5.41) is 2.22. The Balaban J connectivity index is 1.67. The number of aromatic amines is 1. The Kier molecular flexibility index (Phi) is 4.05. The number of rotatable bonds is 1. The predicted octanol–water partition coefficient (Wildman–Crippen LogP) is 4.23. The zero-order valence-corrected chi connectivity index (χ0v) is 15.5. The van der Waals surface area contributed by atoms with E-state index in [-0.39, 0.29) is 12.0 Å². The first-order chi connectivity index (χ1) is 12.4. The number of pyridine rings is 2. The number of hydrogen-bond donors (Lipinski definition) is 1. The molecule has 1 atom stereocenters. The highest BCUT2D eigenvalue weighted by Crippen LogP contribution is 2.35. The van der Waals surface area contributed by atoms with Gasteiger partial charge in [-0.15, -0.1) is 0 Å². The number of carbonyl (C=O) groups is 1. The lowest BCUT2D eigenvalue weighted by atomic mass is 9.90. The molecule has 0 bridgehead atoms. The van der Waals surface area contributed by atoms with Gasteiger partial charge in [-0.2, -0.15) is 0 Å². The van der Waals surface area contributed by atoms with Gasteiger partial charge >= 0.3 is 6.09 Å². The zero-order valence-electron chi connectivity index (χ0n) is 15.5. The van der Waals surface area contributed by atoms with E-state index in [1.165, 1.54) is 5.56 Å². The van der Waals surface area contributed by atoms with Crippen LogP contribution >= 0.6 is 0 Å². The maximum atomic E-state index is 12.5. The van der Waals surface area contributed by atoms with Crippen molar-refractivity contribution in [1.82, 2.24) is 19.9 Å². The Morgan fingerprint density at radius 1 is 1.31 bits per heavy atom. The maximum Gasteiger partial charge on any atom is 0.410 e. The van der Waals surface area contributed by atoms with Gasteiger partial charge in [-0.05, 0) is 45.2 Å². The molecule has 6 nitrogen and oxygen atoms in total. The van der Waals surface area contributed by atoms with E-state index in [2.05, 4.69) is 21.0 Å². The summed E-state index contributed by atoms with van der Waals surface area (Å²) >= 11 is 0. The minimum Gasteiger partial charge on any atom is -0.444 e. The van der Waals surface area contributed by atoms with E-state index in [0.717, 1.165) is 41.3 Å². The number of carbonyl (C=O) groups excluding carboxylic acids is 1. The highest BCUT2D eigenvalue weighted by atomic mass is 16.6. The van der Waals surface area contributed by atoms with Crippen LogP contribution in [0.3, 0.4) is 0 Å². The van der Waals surface area contributed by atoms with Gasteiger partial charge < -0.3 is 14.6 Å². The molecule has 1 unspecified atom stereocenters. The molecule has 26 heavy (non-hydrogen) atoms. The van der Waals surface area contributed by atoms with Crippen molar-refractivity contribution in [3.05, 3.63) is 36.3 Å². The largest absolute Gasteiger partial charge is 0.444 e. The molecule has 0 spiro atoms. The standard InChI is InChI=1S/C20H24N4O2/c1-20(2,3)26-19(25)24-9-5-6-13(12-24)15-10-22-18-17(15)14-7-4-8-21-16(14)11-23-18/h4,7-8,10-11,13,21H,5-6,9,12H2,1-3H3. The van der Waals surface area contributed by atoms with E-state index < -0.39 is 5.60 Å². The maximum absolute atomic E-state index is 12.5. The van der Waals surface area contributed by atoms with Gasteiger partial charge in [0.15, 0.2) is 5.65 Å². The molecule has 1 aliphatic heterocycles. The Hall–Kier alpha value is -2.63. The lowest BCUT2D eigenvalue weighted by Gasteiger charge is -2.34. The molecule has 1 aliphatic rings. The van der Waals surface area contributed by atoms with Crippen LogP contribution in [-0.4, -0.2) is 44.6 Å². The SMILES string of the molecule is CC(C)(C)OC(=O)N1CCCC(c2cnc3ncc4[nH]cccc4c23)C1. The second-order valence-electron chi connectivity index (χ2n) is 7.93. The molecule has 3 aromatic heterocycles. The fourth-order valence-corrected chi connectivity index (χ4v) is 3.70. The summed E-state index contributed by atoms with van der Waals surface area (Å²) in [5.41, 5.74) is 2.45. The summed E-state index contributed by atoms with van der Waals surface area (Å²) in [6.45, 7) is 7.09. The van der Waals surface area contributed by atoms with Gasteiger partial charge in [0.2, 0.25) is 0 Å². The van der Waals surface area contributed by atoms with Crippen molar-refractivity contribution in [2.45, 2.75) is 45.1 Å². The second kappa shape index (κ2) is 6.27. The van der Waals surface area contributed by atoms with Crippen LogP contribution in [0.15, 0.2) is 30.7 Å². The number of likely N-dealkylation sites (tertiary alicyclic amines) is 1.